The Labute approximate surface area is 75.7 Å². The lowest BCUT2D eigenvalue weighted by Gasteiger charge is -1.96. The lowest BCUT2D eigenvalue weighted by atomic mass is 10.2. The summed E-state index contributed by atoms with van der Waals surface area (Å²) in [6.07, 6.45) is 1.89. The third-order valence-electron chi connectivity index (χ3n) is 1.56. The van der Waals surface area contributed by atoms with E-state index in [-0.39, 0.29) is 0 Å². The van der Waals surface area contributed by atoms with Crippen LogP contribution in [0.25, 0.3) is 6.08 Å². The van der Waals surface area contributed by atoms with Gasteiger partial charge in [-0.05, 0) is 29.8 Å². The van der Waals surface area contributed by atoms with Crippen molar-refractivity contribution in [1.29, 1.82) is 0 Å². The first-order chi connectivity index (χ1) is 5.27. The number of fused-ring (bicyclic) bond motifs is 1. The molecule has 0 aromatic heterocycles. The van der Waals surface area contributed by atoms with Crippen molar-refractivity contribution >= 4 is 32.8 Å². The summed E-state index contributed by atoms with van der Waals surface area (Å²) in [5, 5.41) is 1.71. The van der Waals surface area contributed by atoms with Gasteiger partial charge in [-0.1, -0.05) is 15.9 Å². The van der Waals surface area contributed by atoms with Gasteiger partial charge < -0.3 is 0 Å². The number of hydrogen-bond acceptors (Lipinski definition) is 1. The topological polar surface area (TPSA) is 17.1 Å². The van der Waals surface area contributed by atoms with Crippen LogP contribution in [0.4, 0.5) is 0 Å². The van der Waals surface area contributed by atoms with Gasteiger partial charge in [0, 0.05) is 9.88 Å². The third kappa shape index (κ3) is 1.19. The normalized spacial score (nSPS) is 20.3. The van der Waals surface area contributed by atoms with E-state index < -0.39 is 10.8 Å². The highest BCUT2D eigenvalue weighted by atomic mass is 79.9. The summed E-state index contributed by atoms with van der Waals surface area (Å²) < 4.78 is 12.2. The minimum Gasteiger partial charge on any atom is -0.250 e. The molecule has 1 heterocycles. The third-order valence-corrected chi connectivity index (χ3v) is 3.24. The fourth-order valence-corrected chi connectivity index (χ4v) is 2.40. The Balaban J connectivity index is 2.66. The van der Waals surface area contributed by atoms with E-state index in [1.165, 1.54) is 0 Å². The maximum Gasteiger partial charge on any atom is 0.0782 e. The molecular formula is C8H5BrOS. The van der Waals surface area contributed by atoms with E-state index in [1.807, 2.05) is 24.3 Å². The molecular weight excluding hydrogens is 224 g/mol. The standard InChI is InChI=1S/C8H5BrOS/c9-7-1-2-8-6(5-7)3-4-11(8)10/h1-5H. The van der Waals surface area contributed by atoms with Crippen LogP contribution in [-0.2, 0) is 10.8 Å². The Morgan fingerprint density at radius 2 is 2.18 bits per heavy atom. The minimum absolute atomic E-state index is 0.907. The van der Waals surface area contributed by atoms with Crippen LogP contribution in [0.5, 0.6) is 0 Å². The largest absolute Gasteiger partial charge is 0.250 e. The van der Waals surface area contributed by atoms with Crippen molar-refractivity contribution in [3.63, 3.8) is 0 Å². The zero-order chi connectivity index (χ0) is 7.84. The van der Waals surface area contributed by atoms with E-state index in [0.717, 1.165) is 14.9 Å². The van der Waals surface area contributed by atoms with Crippen LogP contribution in [0.3, 0.4) is 0 Å². The molecule has 1 aromatic rings. The second kappa shape index (κ2) is 2.57. The quantitative estimate of drug-likeness (QED) is 0.668. The molecule has 0 bridgehead atoms. The summed E-state index contributed by atoms with van der Waals surface area (Å²) in [5.41, 5.74) is 1.05. The Kier molecular flexibility index (Phi) is 1.69. The number of benzene rings is 1. The molecule has 1 atom stereocenters. The van der Waals surface area contributed by atoms with E-state index >= 15 is 0 Å². The van der Waals surface area contributed by atoms with E-state index in [2.05, 4.69) is 15.9 Å². The van der Waals surface area contributed by atoms with Crippen molar-refractivity contribution in [3.05, 3.63) is 33.6 Å². The molecule has 2 rings (SSSR count). The average Bonchev–Trinajstić information content (AvgIpc) is 2.32. The molecule has 0 fully saturated rings. The van der Waals surface area contributed by atoms with Gasteiger partial charge in [-0.2, -0.15) is 0 Å². The summed E-state index contributed by atoms with van der Waals surface area (Å²) in [7, 11) is -0.907. The highest BCUT2D eigenvalue weighted by Gasteiger charge is 2.11. The zero-order valence-electron chi connectivity index (χ0n) is 5.58. The maximum atomic E-state index is 11.2. The summed E-state index contributed by atoms with van der Waals surface area (Å²) in [6.45, 7) is 0. The van der Waals surface area contributed by atoms with Crippen LogP contribution in [-0.4, -0.2) is 4.21 Å². The second-order valence-corrected chi connectivity index (χ2v) is 4.50. The molecule has 0 amide bonds. The van der Waals surface area contributed by atoms with Crippen molar-refractivity contribution in [2.45, 2.75) is 4.90 Å². The Morgan fingerprint density at radius 1 is 1.36 bits per heavy atom. The molecule has 56 valence electrons. The van der Waals surface area contributed by atoms with Crippen molar-refractivity contribution in [2.24, 2.45) is 0 Å². The molecule has 0 saturated carbocycles. The molecule has 0 radical (unpaired) electrons. The lowest BCUT2D eigenvalue weighted by Crippen LogP contribution is -1.82. The van der Waals surface area contributed by atoms with Crippen molar-refractivity contribution in [3.8, 4) is 0 Å². The van der Waals surface area contributed by atoms with E-state index in [1.54, 1.807) is 5.41 Å². The van der Waals surface area contributed by atoms with Crippen LogP contribution in [0.2, 0.25) is 0 Å². The van der Waals surface area contributed by atoms with E-state index in [9.17, 15) is 4.21 Å². The van der Waals surface area contributed by atoms with Gasteiger partial charge >= 0.3 is 0 Å². The van der Waals surface area contributed by atoms with Crippen molar-refractivity contribution < 1.29 is 4.21 Å². The fourth-order valence-electron chi connectivity index (χ4n) is 1.04. The van der Waals surface area contributed by atoms with Gasteiger partial charge in [-0.3, -0.25) is 0 Å². The number of halogens is 1. The molecule has 3 heteroatoms. The molecule has 0 spiro atoms. The molecule has 1 nitrogen and oxygen atoms in total. The van der Waals surface area contributed by atoms with Gasteiger partial charge in [0.2, 0.25) is 0 Å². The summed E-state index contributed by atoms with van der Waals surface area (Å²) >= 11 is 3.35. The van der Waals surface area contributed by atoms with Crippen LogP contribution >= 0.6 is 15.9 Å². The molecule has 1 aliphatic rings. The first kappa shape index (κ1) is 7.25. The van der Waals surface area contributed by atoms with E-state index in [4.69, 9.17) is 0 Å². The SMILES string of the molecule is O=S1C=Cc2cc(Br)ccc21. The highest BCUT2D eigenvalue weighted by molar-refractivity contribution is 9.10. The minimum atomic E-state index is -0.907. The van der Waals surface area contributed by atoms with Crippen LogP contribution in [0.1, 0.15) is 5.56 Å². The Morgan fingerprint density at radius 3 is 3.00 bits per heavy atom. The Bertz CT molecular complexity index is 357. The van der Waals surface area contributed by atoms with Gasteiger partial charge in [-0.15, -0.1) is 0 Å². The summed E-state index contributed by atoms with van der Waals surface area (Å²) in [4.78, 5) is 0.910. The van der Waals surface area contributed by atoms with Crippen LogP contribution in [0, 0.1) is 0 Å². The zero-order valence-corrected chi connectivity index (χ0v) is 7.98. The monoisotopic (exact) mass is 228 g/mol. The number of rotatable bonds is 0. The molecule has 0 N–H and O–H groups in total. The lowest BCUT2D eigenvalue weighted by molar-refractivity contribution is 0.689. The summed E-state index contributed by atoms with van der Waals surface area (Å²) in [5.74, 6) is 0. The second-order valence-electron chi connectivity index (χ2n) is 2.28. The predicted octanol–water partition coefficient (Wildman–Crippen LogP) is 2.54. The van der Waals surface area contributed by atoms with E-state index in [0.29, 0.717) is 0 Å². The molecule has 1 unspecified atom stereocenters. The van der Waals surface area contributed by atoms with Gasteiger partial charge in [0.1, 0.15) is 0 Å². The maximum absolute atomic E-state index is 11.2. The van der Waals surface area contributed by atoms with Crippen molar-refractivity contribution in [2.75, 3.05) is 0 Å². The van der Waals surface area contributed by atoms with Crippen LogP contribution < -0.4 is 0 Å². The van der Waals surface area contributed by atoms with Gasteiger partial charge in [0.15, 0.2) is 0 Å². The molecule has 11 heavy (non-hydrogen) atoms. The van der Waals surface area contributed by atoms with Crippen LogP contribution in [0.15, 0.2) is 33.0 Å². The first-order valence-electron chi connectivity index (χ1n) is 3.16. The predicted molar refractivity (Wildman–Crippen MR) is 49.6 cm³/mol. The smallest absolute Gasteiger partial charge is 0.0782 e. The highest BCUT2D eigenvalue weighted by Crippen LogP contribution is 2.26. The summed E-state index contributed by atoms with van der Waals surface area (Å²) in [6, 6.07) is 5.76. The molecule has 0 aliphatic carbocycles. The fraction of sp³-hybridized carbons (Fsp3) is 0. The molecule has 1 aliphatic heterocycles. The Hall–Kier alpha value is -0.410. The van der Waals surface area contributed by atoms with Gasteiger partial charge in [0.25, 0.3) is 0 Å². The molecule has 1 aromatic carbocycles. The van der Waals surface area contributed by atoms with Crippen molar-refractivity contribution in [1.82, 2.24) is 0 Å². The average molecular weight is 229 g/mol. The molecule has 0 saturated heterocycles. The van der Waals surface area contributed by atoms with Gasteiger partial charge in [0.05, 0.1) is 15.7 Å². The first-order valence-corrected chi connectivity index (χ1v) is 5.16. The number of hydrogen-bond donors (Lipinski definition) is 0. The van der Waals surface area contributed by atoms with Gasteiger partial charge in [-0.25, -0.2) is 4.21 Å².